The normalized spacial score (nSPS) is 22.2. The highest BCUT2D eigenvalue weighted by Gasteiger charge is 2.37. The van der Waals surface area contributed by atoms with Crippen LogP contribution in [0.25, 0.3) is 0 Å². The Morgan fingerprint density at radius 1 is 1.36 bits per heavy atom. The van der Waals surface area contributed by atoms with Crippen molar-refractivity contribution in [3.8, 4) is 0 Å². The van der Waals surface area contributed by atoms with Crippen LogP contribution < -0.4 is 5.56 Å². The van der Waals surface area contributed by atoms with Gasteiger partial charge >= 0.3 is 0 Å². The maximum atomic E-state index is 13.2. The molecule has 0 spiro atoms. The number of carbonyl (C=O) groups is 1. The van der Waals surface area contributed by atoms with E-state index in [0.29, 0.717) is 30.8 Å². The van der Waals surface area contributed by atoms with Crippen LogP contribution >= 0.6 is 11.6 Å². The lowest BCUT2D eigenvalue weighted by molar-refractivity contribution is -0.128. The minimum atomic E-state index is -0.507. The molecule has 0 saturated carbocycles. The maximum Gasteiger partial charge on any atom is 0.253 e. The summed E-state index contributed by atoms with van der Waals surface area (Å²) in [5.74, 6) is -0.105. The number of alkyl halides is 1. The molecule has 1 N–H and O–H groups in total. The number of hydrogen-bond donors (Lipinski definition) is 1. The molecule has 152 valence electrons. The van der Waals surface area contributed by atoms with Crippen molar-refractivity contribution in [1.29, 1.82) is 0 Å². The summed E-state index contributed by atoms with van der Waals surface area (Å²) in [6.07, 6.45) is 4.32. The van der Waals surface area contributed by atoms with Crippen LogP contribution in [0.5, 0.6) is 0 Å². The van der Waals surface area contributed by atoms with Crippen LogP contribution in [-0.4, -0.2) is 59.4 Å². The van der Waals surface area contributed by atoms with Gasteiger partial charge in [-0.15, -0.1) is 11.6 Å². The number of rotatable bonds is 6. The monoisotopic (exact) mass is 405 g/mol. The Morgan fingerprint density at radius 2 is 2.11 bits per heavy atom. The number of amides is 1. The predicted octanol–water partition coefficient (Wildman–Crippen LogP) is 2.36. The topological polar surface area (TPSA) is 65.6 Å². The number of pyridine rings is 1. The molecular formula is C21H28ClN3O3. The molecule has 6 nitrogen and oxygen atoms in total. The number of halogens is 1. The smallest absolute Gasteiger partial charge is 0.253 e. The van der Waals surface area contributed by atoms with Gasteiger partial charge in [-0.2, -0.15) is 0 Å². The van der Waals surface area contributed by atoms with Crippen LogP contribution in [0.2, 0.25) is 0 Å². The molecule has 2 heterocycles. The number of allylic oxidation sites excluding steroid dienone is 1. The molecule has 1 aliphatic heterocycles. The summed E-state index contributed by atoms with van der Waals surface area (Å²) in [5, 5.41) is -0.507. The molecule has 0 aromatic carbocycles. The van der Waals surface area contributed by atoms with Gasteiger partial charge in [0.1, 0.15) is 0 Å². The van der Waals surface area contributed by atoms with Crippen molar-refractivity contribution in [3.05, 3.63) is 56.5 Å². The predicted molar refractivity (Wildman–Crippen MR) is 110 cm³/mol. The summed E-state index contributed by atoms with van der Waals surface area (Å²) in [7, 11) is 3.92. The molecule has 1 aromatic rings. The van der Waals surface area contributed by atoms with E-state index in [1.54, 1.807) is 4.90 Å². The van der Waals surface area contributed by atoms with Gasteiger partial charge in [0.15, 0.2) is 0 Å². The third kappa shape index (κ3) is 4.24. The van der Waals surface area contributed by atoms with Gasteiger partial charge in [0, 0.05) is 36.5 Å². The molecule has 28 heavy (non-hydrogen) atoms. The lowest BCUT2D eigenvalue weighted by Gasteiger charge is -2.35. The zero-order valence-electron chi connectivity index (χ0n) is 16.9. The molecule has 3 rings (SSSR count). The van der Waals surface area contributed by atoms with E-state index in [0.717, 1.165) is 23.3 Å². The number of aromatic nitrogens is 1. The Kier molecular flexibility index (Phi) is 6.43. The van der Waals surface area contributed by atoms with Gasteiger partial charge in [0.25, 0.3) is 11.5 Å². The Morgan fingerprint density at radius 3 is 2.79 bits per heavy atom. The third-order valence-electron chi connectivity index (χ3n) is 5.12. The number of carbonyl (C=O) groups excluding carboxylic acids is 1. The van der Waals surface area contributed by atoms with Crippen molar-refractivity contribution in [2.75, 3.05) is 27.2 Å². The van der Waals surface area contributed by atoms with E-state index in [2.05, 4.69) is 4.98 Å². The van der Waals surface area contributed by atoms with E-state index in [-0.39, 0.29) is 24.1 Å². The largest absolute Gasteiger partial charge is 0.373 e. The fraction of sp³-hybridized carbons (Fsp3) is 0.524. The first kappa shape index (κ1) is 20.8. The van der Waals surface area contributed by atoms with E-state index in [1.165, 1.54) is 0 Å². The number of nitrogens with zero attached hydrogens (tertiary/aromatic N) is 2. The molecule has 0 saturated heterocycles. The second-order valence-electron chi connectivity index (χ2n) is 7.62. The highest BCUT2D eigenvalue weighted by atomic mass is 35.5. The van der Waals surface area contributed by atoms with Crippen molar-refractivity contribution in [3.63, 3.8) is 0 Å². The summed E-state index contributed by atoms with van der Waals surface area (Å²) < 4.78 is 5.66. The number of hydrogen-bond acceptors (Lipinski definition) is 4. The van der Waals surface area contributed by atoms with Gasteiger partial charge in [0.05, 0.1) is 18.0 Å². The molecule has 2 atom stereocenters. The van der Waals surface area contributed by atoms with E-state index < -0.39 is 5.38 Å². The van der Waals surface area contributed by atoms with Crippen molar-refractivity contribution in [1.82, 2.24) is 14.8 Å². The quantitative estimate of drug-likeness (QED) is 0.738. The molecule has 0 bridgehead atoms. The molecular weight excluding hydrogens is 378 g/mol. The third-order valence-corrected chi connectivity index (χ3v) is 5.59. The summed E-state index contributed by atoms with van der Waals surface area (Å²) in [5.41, 5.74) is 3.84. The van der Waals surface area contributed by atoms with Gasteiger partial charge in [-0.05, 0) is 51.6 Å². The first-order valence-electron chi connectivity index (χ1n) is 9.64. The van der Waals surface area contributed by atoms with E-state index in [4.69, 9.17) is 16.3 Å². The molecule has 2 aliphatic rings. The summed E-state index contributed by atoms with van der Waals surface area (Å²) in [6.45, 7) is 5.80. The Hall–Kier alpha value is -1.89. The standard InChI is InChI=1S/C21H28ClN3O3/c1-5-28-17-7-6-14-8-9-25(21(27)18(14)19(17)22)12-16-15(11-24(3)4)10-13(2)23-20(16)26/h6-7,10,17,19H,5,8-9,11-12H2,1-4H3,(H,23,26). The summed E-state index contributed by atoms with van der Waals surface area (Å²) >= 11 is 6.59. The van der Waals surface area contributed by atoms with E-state index >= 15 is 0 Å². The Labute approximate surface area is 170 Å². The molecule has 1 aromatic heterocycles. The first-order chi connectivity index (χ1) is 13.3. The number of aromatic amines is 1. The van der Waals surface area contributed by atoms with Crippen molar-refractivity contribution in [2.24, 2.45) is 0 Å². The molecule has 0 fully saturated rings. The van der Waals surface area contributed by atoms with Gasteiger partial charge in [-0.3, -0.25) is 9.59 Å². The van der Waals surface area contributed by atoms with Crippen LogP contribution in [0.15, 0.2) is 34.2 Å². The Balaban J connectivity index is 1.88. The fourth-order valence-corrected chi connectivity index (χ4v) is 4.24. The zero-order chi connectivity index (χ0) is 20.4. The lowest BCUT2D eigenvalue weighted by atomic mass is 9.89. The van der Waals surface area contributed by atoms with Crippen molar-refractivity contribution >= 4 is 17.5 Å². The van der Waals surface area contributed by atoms with Gasteiger partial charge in [-0.25, -0.2) is 0 Å². The lowest BCUT2D eigenvalue weighted by Crippen LogP contribution is -2.44. The summed E-state index contributed by atoms with van der Waals surface area (Å²) in [6, 6.07) is 1.98. The van der Waals surface area contributed by atoms with Gasteiger partial charge < -0.3 is 19.5 Å². The highest BCUT2D eigenvalue weighted by Crippen LogP contribution is 2.33. The number of nitrogens with one attached hydrogen (secondary N) is 1. The van der Waals surface area contributed by atoms with E-state index in [1.807, 2.05) is 51.1 Å². The number of aryl methyl sites for hydroxylation is 1. The van der Waals surface area contributed by atoms with E-state index in [9.17, 15) is 9.59 Å². The molecule has 0 radical (unpaired) electrons. The van der Waals surface area contributed by atoms with Crippen molar-refractivity contribution < 1.29 is 9.53 Å². The highest BCUT2D eigenvalue weighted by molar-refractivity contribution is 6.26. The molecule has 1 aliphatic carbocycles. The number of ether oxygens (including phenoxy) is 1. The second kappa shape index (κ2) is 8.64. The SMILES string of the molecule is CCOC1C=CC2=C(C(=O)N(Cc3c(CN(C)C)cc(C)[nH]c3=O)CC2)C1Cl. The summed E-state index contributed by atoms with van der Waals surface area (Å²) in [4.78, 5) is 32.4. The average molecular weight is 406 g/mol. The van der Waals surface area contributed by atoms with Crippen LogP contribution in [0.3, 0.4) is 0 Å². The van der Waals surface area contributed by atoms with Crippen LogP contribution in [0.1, 0.15) is 30.2 Å². The maximum absolute atomic E-state index is 13.2. The molecule has 7 heteroatoms. The van der Waals surface area contributed by atoms with Crippen LogP contribution in [0, 0.1) is 6.92 Å². The van der Waals surface area contributed by atoms with Crippen LogP contribution in [0.4, 0.5) is 0 Å². The van der Waals surface area contributed by atoms with Gasteiger partial charge in [0.2, 0.25) is 0 Å². The molecule has 1 amide bonds. The zero-order valence-corrected chi connectivity index (χ0v) is 17.7. The second-order valence-corrected chi connectivity index (χ2v) is 8.09. The van der Waals surface area contributed by atoms with Gasteiger partial charge in [-0.1, -0.05) is 12.2 Å². The first-order valence-corrected chi connectivity index (χ1v) is 10.1. The number of H-pyrrole nitrogens is 1. The molecule has 2 unspecified atom stereocenters. The average Bonchev–Trinajstić information content (AvgIpc) is 2.61. The minimum Gasteiger partial charge on any atom is -0.373 e. The van der Waals surface area contributed by atoms with Crippen molar-refractivity contribution in [2.45, 2.75) is 44.8 Å². The van der Waals surface area contributed by atoms with Crippen LogP contribution in [-0.2, 0) is 22.6 Å². The Bertz CT molecular complexity index is 872. The fourth-order valence-electron chi connectivity index (χ4n) is 3.85. The minimum absolute atomic E-state index is 0.105.